The normalized spacial score (nSPS) is 9.83. The molecule has 0 unspecified atom stereocenters. The fourth-order valence-corrected chi connectivity index (χ4v) is 1.38. The van der Waals surface area contributed by atoms with Gasteiger partial charge in [0.1, 0.15) is 13.0 Å². The van der Waals surface area contributed by atoms with E-state index in [2.05, 4.69) is 0 Å². The van der Waals surface area contributed by atoms with Crippen LogP contribution in [0.25, 0.3) is 0 Å². The molecule has 1 heterocycles. The van der Waals surface area contributed by atoms with Crippen LogP contribution in [0.2, 0.25) is 0 Å². The van der Waals surface area contributed by atoms with Crippen LogP contribution >= 0.6 is 11.8 Å². The summed E-state index contributed by atoms with van der Waals surface area (Å²) in [6, 6.07) is 3.30. The molecular weight excluding hydrogens is 174 g/mol. The summed E-state index contributed by atoms with van der Waals surface area (Å²) in [5.74, 6) is -1.15. The minimum Gasteiger partial charge on any atom is -0.539 e. The van der Waals surface area contributed by atoms with Crippen LogP contribution < -0.4 is 9.67 Å². The lowest BCUT2D eigenvalue weighted by Crippen LogP contribution is -2.41. The fraction of sp³-hybridized carbons (Fsp3) is 0.250. The van der Waals surface area contributed by atoms with E-state index in [1.54, 1.807) is 41.7 Å². The van der Waals surface area contributed by atoms with Gasteiger partial charge in [-0.1, -0.05) is 0 Å². The molecule has 0 aliphatic carbocycles. The first-order valence-corrected chi connectivity index (χ1v) is 4.62. The van der Waals surface area contributed by atoms with Crippen molar-refractivity contribution in [1.29, 1.82) is 0 Å². The van der Waals surface area contributed by atoms with E-state index in [0.717, 1.165) is 4.90 Å². The van der Waals surface area contributed by atoms with Gasteiger partial charge < -0.3 is 9.90 Å². The molecule has 0 saturated heterocycles. The number of hydrogen-bond donors (Lipinski definition) is 0. The van der Waals surface area contributed by atoms with Gasteiger partial charge in [0.15, 0.2) is 6.20 Å². The quantitative estimate of drug-likeness (QED) is 0.463. The first-order valence-electron chi connectivity index (χ1n) is 3.40. The largest absolute Gasteiger partial charge is 0.539 e. The Labute approximate surface area is 75.0 Å². The molecule has 12 heavy (non-hydrogen) atoms. The lowest BCUT2D eigenvalue weighted by Gasteiger charge is -2.00. The first kappa shape index (κ1) is 9.06. The Morgan fingerprint density at radius 1 is 1.58 bits per heavy atom. The predicted molar refractivity (Wildman–Crippen MR) is 43.7 cm³/mol. The smallest absolute Gasteiger partial charge is 0.228 e. The van der Waals surface area contributed by atoms with Crippen molar-refractivity contribution in [3.05, 3.63) is 24.0 Å². The summed E-state index contributed by atoms with van der Waals surface area (Å²) < 4.78 is 1.54. The van der Waals surface area contributed by atoms with E-state index >= 15 is 0 Å². The van der Waals surface area contributed by atoms with Gasteiger partial charge in [-0.2, -0.15) is 4.57 Å². The van der Waals surface area contributed by atoms with Gasteiger partial charge >= 0.3 is 0 Å². The van der Waals surface area contributed by atoms with E-state index in [1.165, 1.54) is 0 Å². The number of carboxylic acids is 1. The highest BCUT2D eigenvalue weighted by molar-refractivity contribution is 7.98. The Morgan fingerprint density at radius 3 is 2.67 bits per heavy atom. The number of aromatic nitrogens is 1. The molecule has 1 aromatic heterocycles. The molecule has 0 fully saturated rings. The van der Waals surface area contributed by atoms with Gasteiger partial charge in [-0.25, -0.2) is 0 Å². The summed E-state index contributed by atoms with van der Waals surface area (Å²) >= 11 is 1.57. The van der Waals surface area contributed by atoms with Crippen LogP contribution in [0.1, 0.15) is 10.5 Å². The van der Waals surface area contributed by atoms with Crippen molar-refractivity contribution < 1.29 is 14.5 Å². The van der Waals surface area contributed by atoms with Crippen LogP contribution in [0.3, 0.4) is 0 Å². The average Bonchev–Trinajstić information content (AvgIpc) is 2.03. The van der Waals surface area contributed by atoms with E-state index in [1.807, 2.05) is 6.26 Å². The van der Waals surface area contributed by atoms with E-state index in [4.69, 9.17) is 0 Å². The zero-order valence-electron chi connectivity index (χ0n) is 6.90. The van der Waals surface area contributed by atoms with Crippen LogP contribution in [0, 0.1) is 0 Å². The Morgan fingerprint density at radius 2 is 2.25 bits per heavy atom. The Bertz CT molecular complexity index is 312. The van der Waals surface area contributed by atoms with Gasteiger partial charge in [0.2, 0.25) is 5.69 Å². The van der Waals surface area contributed by atoms with Crippen LogP contribution in [0.15, 0.2) is 23.2 Å². The highest BCUT2D eigenvalue weighted by Crippen LogP contribution is 2.10. The fourth-order valence-electron chi connectivity index (χ4n) is 0.915. The average molecular weight is 183 g/mol. The highest BCUT2D eigenvalue weighted by atomic mass is 32.2. The van der Waals surface area contributed by atoms with Gasteiger partial charge in [0.05, 0.1) is 4.90 Å². The van der Waals surface area contributed by atoms with Gasteiger partial charge in [0.25, 0.3) is 0 Å². The van der Waals surface area contributed by atoms with Gasteiger partial charge in [0, 0.05) is 6.07 Å². The molecule has 0 aliphatic rings. The van der Waals surface area contributed by atoms with Crippen molar-refractivity contribution in [2.45, 2.75) is 4.90 Å². The van der Waals surface area contributed by atoms with Crippen molar-refractivity contribution in [2.75, 3.05) is 6.26 Å². The lowest BCUT2D eigenvalue weighted by molar-refractivity contribution is -0.677. The SMILES string of the molecule is CSc1ccc(C(=O)[O-])[n+](C)c1. The number of pyridine rings is 1. The third kappa shape index (κ3) is 1.76. The molecule has 0 aliphatic heterocycles. The van der Waals surface area contributed by atoms with Crippen molar-refractivity contribution >= 4 is 17.7 Å². The standard InChI is InChI=1S/C8H9NO2S/c1-9-5-6(12-2)3-4-7(9)8(10)11/h3-5H,1-2H3. The third-order valence-electron chi connectivity index (χ3n) is 1.55. The third-order valence-corrected chi connectivity index (χ3v) is 2.26. The number of hydrogen-bond acceptors (Lipinski definition) is 3. The molecule has 1 aromatic rings. The van der Waals surface area contributed by atoms with Crippen LogP contribution in [-0.2, 0) is 7.05 Å². The van der Waals surface area contributed by atoms with E-state index in [9.17, 15) is 9.90 Å². The lowest BCUT2D eigenvalue weighted by atomic mass is 10.3. The molecule has 0 amide bonds. The topological polar surface area (TPSA) is 44.0 Å². The molecule has 3 nitrogen and oxygen atoms in total. The summed E-state index contributed by atoms with van der Waals surface area (Å²) in [7, 11) is 1.69. The molecule has 4 heteroatoms. The van der Waals surface area contributed by atoms with E-state index in [-0.39, 0.29) is 5.69 Å². The summed E-state index contributed by atoms with van der Waals surface area (Å²) in [6.45, 7) is 0. The molecule has 0 saturated carbocycles. The van der Waals surface area contributed by atoms with Crippen molar-refractivity contribution in [3.8, 4) is 0 Å². The number of carbonyl (C=O) groups excluding carboxylic acids is 1. The zero-order chi connectivity index (χ0) is 9.14. The molecule has 0 atom stereocenters. The predicted octanol–water partition coefficient (Wildman–Crippen LogP) is -0.404. The molecule has 64 valence electrons. The number of aryl methyl sites for hydroxylation is 1. The molecule has 0 N–H and O–H groups in total. The van der Waals surface area contributed by atoms with Gasteiger partial charge in [-0.3, -0.25) is 0 Å². The minimum atomic E-state index is -1.15. The van der Waals surface area contributed by atoms with Crippen molar-refractivity contribution in [1.82, 2.24) is 0 Å². The number of rotatable bonds is 2. The minimum absolute atomic E-state index is 0.188. The Hall–Kier alpha value is -1.03. The first-order chi connectivity index (χ1) is 5.65. The molecular formula is C8H9NO2S. The monoisotopic (exact) mass is 183 g/mol. The summed E-state index contributed by atoms with van der Waals surface area (Å²) in [5.41, 5.74) is 0.188. The summed E-state index contributed by atoms with van der Waals surface area (Å²) in [5, 5.41) is 10.5. The maximum atomic E-state index is 10.5. The zero-order valence-corrected chi connectivity index (χ0v) is 7.72. The summed E-state index contributed by atoms with van der Waals surface area (Å²) in [6.07, 6.45) is 3.70. The second kappa shape index (κ2) is 3.58. The molecule has 0 spiro atoms. The number of aromatic carboxylic acids is 1. The van der Waals surface area contributed by atoms with Gasteiger partial charge in [-0.15, -0.1) is 11.8 Å². The Kier molecular flexibility index (Phi) is 2.70. The number of nitrogens with zero attached hydrogens (tertiary/aromatic N) is 1. The second-order valence-electron chi connectivity index (χ2n) is 2.35. The Balaban J connectivity index is 3.12. The molecule has 0 bridgehead atoms. The van der Waals surface area contributed by atoms with Crippen molar-refractivity contribution in [3.63, 3.8) is 0 Å². The second-order valence-corrected chi connectivity index (χ2v) is 3.23. The number of thioether (sulfide) groups is 1. The molecule has 0 radical (unpaired) electrons. The maximum absolute atomic E-state index is 10.5. The highest BCUT2D eigenvalue weighted by Gasteiger charge is 2.07. The van der Waals surface area contributed by atoms with E-state index < -0.39 is 5.97 Å². The number of carbonyl (C=O) groups is 1. The van der Waals surface area contributed by atoms with Crippen molar-refractivity contribution in [2.24, 2.45) is 7.05 Å². The van der Waals surface area contributed by atoms with Crippen LogP contribution in [-0.4, -0.2) is 12.2 Å². The summed E-state index contributed by atoms with van der Waals surface area (Å²) in [4.78, 5) is 11.5. The van der Waals surface area contributed by atoms with Crippen LogP contribution in [0.4, 0.5) is 0 Å². The molecule has 0 aromatic carbocycles. The van der Waals surface area contributed by atoms with Crippen LogP contribution in [0.5, 0.6) is 0 Å². The van der Waals surface area contributed by atoms with E-state index in [0.29, 0.717) is 0 Å². The van der Waals surface area contributed by atoms with Gasteiger partial charge in [-0.05, 0) is 12.3 Å². The molecule has 1 rings (SSSR count). The maximum Gasteiger partial charge on any atom is 0.228 e. The number of carboxylic acid groups (broad SMARTS) is 1.